The minimum atomic E-state index is -4.58. The van der Waals surface area contributed by atoms with Crippen LogP contribution in [0.15, 0.2) is 60.8 Å². The molecule has 0 saturated carbocycles. The second-order valence-corrected chi connectivity index (χ2v) is 9.47. The van der Waals surface area contributed by atoms with Gasteiger partial charge < -0.3 is 20.4 Å². The largest absolute Gasteiger partial charge is 0.337 e. The molecule has 9 heteroatoms. The van der Waals surface area contributed by atoms with Crippen LogP contribution in [0.4, 0.5) is 11.4 Å². The monoisotopic (exact) mass is 441 g/mol. The highest BCUT2D eigenvalue weighted by atomic mass is 31.2. The van der Waals surface area contributed by atoms with Crippen LogP contribution in [0.25, 0.3) is 10.9 Å². The van der Waals surface area contributed by atoms with Gasteiger partial charge in [0.05, 0.1) is 11.1 Å². The molecule has 0 aliphatic heterocycles. The lowest BCUT2D eigenvalue weighted by Gasteiger charge is -2.19. The summed E-state index contributed by atoms with van der Waals surface area (Å²) in [6, 6.07) is 15.5. The van der Waals surface area contributed by atoms with Gasteiger partial charge in [0.15, 0.2) is 0 Å². The fourth-order valence-electron chi connectivity index (χ4n) is 3.10. The maximum atomic E-state index is 12.5. The van der Waals surface area contributed by atoms with Crippen LogP contribution in [0.3, 0.4) is 0 Å². The number of aromatic nitrogens is 1. The molecule has 0 aliphatic rings. The van der Waals surface area contributed by atoms with Gasteiger partial charge in [0.1, 0.15) is 5.66 Å². The van der Waals surface area contributed by atoms with Crippen molar-refractivity contribution in [1.82, 2.24) is 4.98 Å². The molecule has 31 heavy (non-hydrogen) atoms. The molecule has 0 aliphatic carbocycles. The number of nitrogens with zero attached hydrogens (tertiary/aromatic N) is 1. The van der Waals surface area contributed by atoms with Gasteiger partial charge in [-0.25, -0.2) is 0 Å². The van der Waals surface area contributed by atoms with E-state index in [0.717, 1.165) is 10.9 Å². The molecular weight excluding hydrogens is 417 g/mol. The summed E-state index contributed by atoms with van der Waals surface area (Å²) in [5, 5.41) is 6.15. The lowest BCUT2D eigenvalue weighted by molar-refractivity contribution is -0.116. The van der Waals surface area contributed by atoms with Crippen LogP contribution in [0.1, 0.15) is 30.6 Å². The Bertz CT molecular complexity index is 1140. The normalized spacial score (nSPS) is 12.5. The van der Waals surface area contributed by atoms with Gasteiger partial charge >= 0.3 is 7.60 Å². The molecule has 3 rings (SSSR count). The van der Waals surface area contributed by atoms with Crippen LogP contribution in [0, 0.1) is 5.92 Å². The third-order valence-electron chi connectivity index (χ3n) is 4.67. The number of pyridine rings is 1. The highest BCUT2D eigenvalue weighted by molar-refractivity contribution is 7.53. The molecule has 1 aromatic heterocycles. The Balaban J connectivity index is 1.67. The Kier molecular flexibility index (Phi) is 6.85. The first-order valence-corrected chi connectivity index (χ1v) is 11.4. The van der Waals surface area contributed by atoms with Crippen molar-refractivity contribution in [1.29, 1.82) is 0 Å². The fourth-order valence-corrected chi connectivity index (χ4v) is 4.17. The van der Waals surface area contributed by atoms with E-state index in [1.165, 1.54) is 6.20 Å². The summed E-state index contributed by atoms with van der Waals surface area (Å²) >= 11 is 0. The lowest BCUT2D eigenvalue weighted by atomic mass is 10.1. The second kappa shape index (κ2) is 9.39. The molecule has 0 saturated heterocycles. The number of para-hydroxylation sites is 1. The standard InChI is InChI=1S/C22H24N3O5P/c1-14(2)11-20(31(28,29)30)22(27)25-18-9-7-17(8-10-18)24-21(26)16-12-15-5-3-4-6-19(15)23-13-16/h3-10,12-14,20H,11H2,1-2H3,(H,24,26)(H,25,27)(H2,28,29,30). The van der Waals surface area contributed by atoms with Crippen LogP contribution in [-0.2, 0) is 9.36 Å². The zero-order chi connectivity index (χ0) is 22.6. The Morgan fingerprint density at radius 2 is 1.61 bits per heavy atom. The van der Waals surface area contributed by atoms with Crippen LogP contribution >= 0.6 is 7.60 Å². The Morgan fingerprint density at radius 1 is 1.00 bits per heavy atom. The number of nitrogens with one attached hydrogen (secondary N) is 2. The molecule has 1 heterocycles. The first-order chi connectivity index (χ1) is 14.6. The zero-order valence-corrected chi connectivity index (χ0v) is 18.0. The van der Waals surface area contributed by atoms with E-state index >= 15 is 0 Å². The molecule has 2 aromatic carbocycles. The number of hydrogen-bond acceptors (Lipinski definition) is 4. The van der Waals surface area contributed by atoms with Crippen molar-refractivity contribution in [3.05, 3.63) is 66.4 Å². The number of fused-ring (bicyclic) bond motifs is 1. The van der Waals surface area contributed by atoms with Gasteiger partial charge in [-0.2, -0.15) is 0 Å². The van der Waals surface area contributed by atoms with Gasteiger partial charge in [0, 0.05) is 23.0 Å². The Hall–Kier alpha value is -3.06. The van der Waals surface area contributed by atoms with Gasteiger partial charge in [0.25, 0.3) is 5.91 Å². The first-order valence-electron chi connectivity index (χ1n) is 9.76. The highest BCUT2D eigenvalue weighted by Gasteiger charge is 2.36. The highest BCUT2D eigenvalue weighted by Crippen LogP contribution is 2.44. The van der Waals surface area contributed by atoms with Crippen molar-refractivity contribution in [3.8, 4) is 0 Å². The van der Waals surface area contributed by atoms with E-state index in [2.05, 4.69) is 15.6 Å². The Labute approximate surface area is 179 Å². The molecule has 162 valence electrons. The number of carbonyl (C=O) groups excluding carboxylic acids is 2. The number of anilines is 2. The van der Waals surface area contributed by atoms with E-state index in [0.29, 0.717) is 16.9 Å². The Morgan fingerprint density at radius 3 is 2.23 bits per heavy atom. The van der Waals surface area contributed by atoms with Gasteiger partial charge in [0.2, 0.25) is 5.91 Å². The van der Waals surface area contributed by atoms with Crippen LogP contribution in [-0.4, -0.2) is 32.2 Å². The van der Waals surface area contributed by atoms with Crippen LogP contribution in [0.2, 0.25) is 0 Å². The summed E-state index contributed by atoms with van der Waals surface area (Å²) in [7, 11) is -4.58. The van der Waals surface area contributed by atoms with E-state index in [-0.39, 0.29) is 18.2 Å². The second-order valence-electron chi connectivity index (χ2n) is 7.67. The van der Waals surface area contributed by atoms with Gasteiger partial charge in [-0.15, -0.1) is 0 Å². The molecule has 1 atom stereocenters. The zero-order valence-electron chi connectivity index (χ0n) is 17.1. The first kappa shape index (κ1) is 22.6. The molecule has 0 spiro atoms. The van der Waals surface area contributed by atoms with E-state index in [1.807, 2.05) is 24.3 Å². The van der Waals surface area contributed by atoms with Gasteiger partial charge in [-0.1, -0.05) is 32.0 Å². The summed E-state index contributed by atoms with van der Waals surface area (Å²) in [5.74, 6) is -1.11. The van der Waals surface area contributed by atoms with Gasteiger partial charge in [-0.05, 0) is 48.7 Å². The molecule has 0 fully saturated rings. The van der Waals surface area contributed by atoms with E-state index in [4.69, 9.17) is 0 Å². The molecule has 4 N–H and O–H groups in total. The summed E-state index contributed by atoms with van der Waals surface area (Å²) < 4.78 is 11.7. The van der Waals surface area contributed by atoms with Gasteiger partial charge in [-0.3, -0.25) is 19.1 Å². The average molecular weight is 441 g/mol. The molecule has 1 unspecified atom stereocenters. The van der Waals surface area contributed by atoms with Crippen LogP contribution in [0.5, 0.6) is 0 Å². The number of rotatable bonds is 7. The predicted octanol–water partition coefficient (Wildman–Crippen LogP) is 4.02. The molecule has 0 radical (unpaired) electrons. The molecule has 0 bridgehead atoms. The quantitative estimate of drug-likeness (QED) is 0.410. The van der Waals surface area contributed by atoms with Crippen LogP contribution < -0.4 is 10.6 Å². The maximum Gasteiger partial charge on any atom is 0.337 e. The summed E-state index contributed by atoms with van der Waals surface area (Å²) in [6.45, 7) is 3.58. The topological polar surface area (TPSA) is 129 Å². The maximum absolute atomic E-state index is 12.5. The van der Waals surface area contributed by atoms with Crippen molar-refractivity contribution < 1.29 is 23.9 Å². The van der Waals surface area contributed by atoms with E-state index < -0.39 is 19.2 Å². The number of benzene rings is 2. The molecule has 3 aromatic rings. The summed E-state index contributed by atoms with van der Waals surface area (Å²) in [4.78, 5) is 48.1. The van der Waals surface area contributed by atoms with Crippen molar-refractivity contribution >= 4 is 41.7 Å². The third-order valence-corrected chi connectivity index (χ3v) is 5.92. The predicted molar refractivity (Wildman–Crippen MR) is 120 cm³/mol. The number of hydrogen-bond donors (Lipinski definition) is 4. The molecule has 8 nitrogen and oxygen atoms in total. The van der Waals surface area contributed by atoms with Crippen molar-refractivity contribution in [3.63, 3.8) is 0 Å². The average Bonchev–Trinajstić information content (AvgIpc) is 2.72. The minimum absolute atomic E-state index is 0.0504. The molecular formula is C22H24N3O5P. The van der Waals surface area contributed by atoms with E-state index in [1.54, 1.807) is 44.2 Å². The summed E-state index contributed by atoms with van der Waals surface area (Å²) in [5.41, 5.74) is 0.675. The fraction of sp³-hybridized carbons (Fsp3) is 0.227. The number of carbonyl (C=O) groups is 2. The lowest BCUT2D eigenvalue weighted by Crippen LogP contribution is -2.29. The van der Waals surface area contributed by atoms with Crippen molar-refractivity contribution in [2.45, 2.75) is 25.9 Å². The molecule has 2 amide bonds. The smallest absolute Gasteiger partial charge is 0.325 e. The van der Waals surface area contributed by atoms with E-state index in [9.17, 15) is 23.9 Å². The third kappa shape index (κ3) is 5.98. The summed E-state index contributed by atoms with van der Waals surface area (Å²) in [6.07, 6.45) is 1.58. The van der Waals surface area contributed by atoms with Crippen molar-refractivity contribution in [2.24, 2.45) is 5.92 Å². The SMILES string of the molecule is CC(C)CC(C(=O)Nc1ccc(NC(=O)c2cnc3ccccc3c2)cc1)P(=O)(O)O. The minimum Gasteiger partial charge on any atom is -0.325 e. The van der Waals surface area contributed by atoms with Crippen molar-refractivity contribution in [2.75, 3.05) is 10.6 Å². The number of amides is 2.